The first kappa shape index (κ1) is 17.2. The molecule has 1 fully saturated rings. The van der Waals surface area contributed by atoms with Gasteiger partial charge < -0.3 is 0 Å². The number of likely N-dealkylation sites (tertiary alicyclic amines) is 1. The third-order valence-electron chi connectivity index (χ3n) is 5.54. The molecule has 0 spiro atoms. The van der Waals surface area contributed by atoms with Crippen LogP contribution in [0.5, 0.6) is 0 Å². The molecule has 0 aliphatic carbocycles. The second-order valence-electron chi connectivity index (χ2n) is 7.30. The van der Waals surface area contributed by atoms with Gasteiger partial charge in [0.15, 0.2) is 0 Å². The molecule has 130 valence electrons. The normalized spacial score (nSPS) is 23.5. The minimum absolute atomic E-state index is 0.438. The van der Waals surface area contributed by atoms with Crippen LogP contribution >= 0.6 is 0 Å². The Morgan fingerprint density at radius 2 is 2.00 bits per heavy atom. The predicted octanol–water partition coefficient (Wildman–Crippen LogP) is 3.50. The van der Waals surface area contributed by atoms with Crippen molar-refractivity contribution in [2.45, 2.75) is 31.8 Å². The van der Waals surface area contributed by atoms with Gasteiger partial charge in [0.05, 0.1) is 6.20 Å². The van der Waals surface area contributed by atoms with Gasteiger partial charge in [-0.25, -0.2) is 0 Å². The Morgan fingerprint density at radius 1 is 1.25 bits per heavy atom. The summed E-state index contributed by atoms with van der Waals surface area (Å²) in [7, 11) is 6.52. The standard InChI is InChI=1S/C20H30N4/c1-16(17-9-6-5-7-10-17)23(3)14-18-11-8-12-22(2)20(18)19-13-21-24(4)15-19/h5-7,9-10,13,15-16,18,20H,8,11-12,14H2,1-4H3/t16-,18+,20-/m1/s1. The van der Waals surface area contributed by atoms with Gasteiger partial charge in [0.1, 0.15) is 0 Å². The maximum absolute atomic E-state index is 4.40. The summed E-state index contributed by atoms with van der Waals surface area (Å²) >= 11 is 0. The summed E-state index contributed by atoms with van der Waals surface area (Å²) < 4.78 is 1.92. The summed E-state index contributed by atoms with van der Waals surface area (Å²) in [6, 6.07) is 11.7. The van der Waals surface area contributed by atoms with Crippen LogP contribution in [0.1, 0.15) is 43.0 Å². The van der Waals surface area contributed by atoms with E-state index in [1.54, 1.807) is 0 Å². The summed E-state index contributed by atoms with van der Waals surface area (Å²) in [5.41, 5.74) is 2.74. The second-order valence-corrected chi connectivity index (χ2v) is 7.30. The van der Waals surface area contributed by atoms with Crippen LogP contribution in [0.25, 0.3) is 0 Å². The van der Waals surface area contributed by atoms with Crippen molar-refractivity contribution in [2.75, 3.05) is 27.2 Å². The Balaban J connectivity index is 1.74. The van der Waals surface area contributed by atoms with E-state index in [0.29, 0.717) is 18.0 Å². The fourth-order valence-corrected chi connectivity index (χ4v) is 4.08. The highest BCUT2D eigenvalue weighted by Crippen LogP contribution is 2.36. The van der Waals surface area contributed by atoms with Crippen molar-refractivity contribution in [3.8, 4) is 0 Å². The smallest absolute Gasteiger partial charge is 0.0537 e. The number of piperidine rings is 1. The van der Waals surface area contributed by atoms with E-state index in [4.69, 9.17) is 0 Å². The molecule has 1 aromatic carbocycles. The summed E-state index contributed by atoms with van der Waals surface area (Å²) in [6.45, 7) is 4.59. The molecule has 0 N–H and O–H groups in total. The van der Waals surface area contributed by atoms with E-state index < -0.39 is 0 Å². The Labute approximate surface area is 146 Å². The molecular weight excluding hydrogens is 296 g/mol. The van der Waals surface area contributed by atoms with Crippen LogP contribution in [0.2, 0.25) is 0 Å². The van der Waals surface area contributed by atoms with Crippen LogP contribution in [0.3, 0.4) is 0 Å². The fraction of sp³-hybridized carbons (Fsp3) is 0.550. The van der Waals surface area contributed by atoms with Crippen LogP contribution in [-0.2, 0) is 7.05 Å². The molecule has 3 rings (SSSR count). The minimum atomic E-state index is 0.438. The van der Waals surface area contributed by atoms with Crippen molar-refractivity contribution in [1.29, 1.82) is 0 Å². The summed E-state index contributed by atoms with van der Waals surface area (Å²) in [6.07, 6.45) is 6.79. The van der Waals surface area contributed by atoms with E-state index in [1.807, 2.05) is 17.9 Å². The monoisotopic (exact) mass is 326 g/mol. The molecule has 24 heavy (non-hydrogen) atoms. The predicted molar refractivity (Wildman–Crippen MR) is 98.8 cm³/mol. The minimum Gasteiger partial charge on any atom is -0.299 e. The molecule has 1 aromatic heterocycles. The number of rotatable bonds is 5. The van der Waals surface area contributed by atoms with Gasteiger partial charge in [-0.05, 0) is 51.9 Å². The first-order valence-corrected chi connectivity index (χ1v) is 9.00. The lowest BCUT2D eigenvalue weighted by Gasteiger charge is -2.41. The molecule has 0 amide bonds. The van der Waals surface area contributed by atoms with Gasteiger partial charge in [-0.3, -0.25) is 14.5 Å². The highest BCUT2D eigenvalue weighted by atomic mass is 15.3. The molecule has 1 aliphatic heterocycles. The number of hydrogen-bond acceptors (Lipinski definition) is 3. The van der Waals surface area contributed by atoms with Crippen LogP contribution in [0.15, 0.2) is 42.7 Å². The molecule has 4 nitrogen and oxygen atoms in total. The zero-order valence-electron chi connectivity index (χ0n) is 15.4. The van der Waals surface area contributed by atoms with Crippen LogP contribution in [0, 0.1) is 5.92 Å². The lowest BCUT2D eigenvalue weighted by Crippen LogP contribution is -2.41. The van der Waals surface area contributed by atoms with Crippen molar-refractivity contribution in [3.63, 3.8) is 0 Å². The van der Waals surface area contributed by atoms with E-state index >= 15 is 0 Å². The number of aryl methyl sites for hydroxylation is 1. The van der Waals surface area contributed by atoms with Crippen molar-refractivity contribution in [3.05, 3.63) is 53.9 Å². The quantitative estimate of drug-likeness (QED) is 0.840. The van der Waals surface area contributed by atoms with E-state index in [1.165, 1.54) is 30.5 Å². The Hall–Kier alpha value is -1.65. The van der Waals surface area contributed by atoms with Gasteiger partial charge in [-0.2, -0.15) is 5.10 Å². The maximum Gasteiger partial charge on any atom is 0.0537 e. The molecule has 1 aliphatic rings. The van der Waals surface area contributed by atoms with Gasteiger partial charge in [-0.1, -0.05) is 30.3 Å². The van der Waals surface area contributed by atoms with Crippen molar-refractivity contribution in [2.24, 2.45) is 13.0 Å². The Bertz CT molecular complexity index is 636. The average Bonchev–Trinajstić information content (AvgIpc) is 3.01. The second kappa shape index (κ2) is 7.49. The van der Waals surface area contributed by atoms with Crippen molar-refractivity contribution in [1.82, 2.24) is 19.6 Å². The van der Waals surface area contributed by atoms with Gasteiger partial charge in [0, 0.05) is 37.4 Å². The molecule has 2 heterocycles. The molecule has 0 unspecified atom stereocenters. The van der Waals surface area contributed by atoms with Gasteiger partial charge in [-0.15, -0.1) is 0 Å². The van der Waals surface area contributed by atoms with Crippen molar-refractivity contribution >= 4 is 0 Å². The average molecular weight is 326 g/mol. The fourth-order valence-electron chi connectivity index (χ4n) is 4.08. The van der Waals surface area contributed by atoms with Crippen molar-refractivity contribution < 1.29 is 0 Å². The molecule has 2 aromatic rings. The van der Waals surface area contributed by atoms with E-state index in [-0.39, 0.29) is 0 Å². The van der Waals surface area contributed by atoms with E-state index in [9.17, 15) is 0 Å². The van der Waals surface area contributed by atoms with Crippen LogP contribution < -0.4 is 0 Å². The molecule has 0 radical (unpaired) electrons. The zero-order valence-corrected chi connectivity index (χ0v) is 15.4. The van der Waals surface area contributed by atoms with Gasteiger partial charge in [0.25, 0.3) is 0 Å². The number of benzene rings is 1. The van der Waals surface area contributed by atoms with Crippen LogP contribution in [-0.4, -0.2) is 46.8 Å². The molecule has 4 heteroatoms. The Kier molecular flexibility index (Phi) is 5.36. The molecule has 3 atom stereocenters. The van der Waals surface area contributed by atoms with E-state index in [0.717, 1.165) is 6.54 Å². The first-order chi connectivity index (χ1) is 11.6. The number of hydrogen-bond donors (Lipinski definition) is 0. The summed E-state index contributed by atoms with van der Waals surface area (Å²) in [5, 5.41) is 4.40. The Morgan fingerprint density at radius 3 is 2.67 bits per heavy atom. The molecule has 1 saturated heterocycles. The largest absolute Gasteiger partial charge is 0.299 e. The topological polar surface area (TPSA) is 24.3 Å². The zero-order chi connectivity index (χ0) is 17.1. The molecular formula is C20H30N4. The summed E-state index contributed by atoms with van der Waals surface area (Å²) in [4.78, 5) is 5.01. The third-order valence-corrected chi connectivity index (χ3v) is 5.54. The lowest BCUT2D eigenvalue weighted by atomic mass is 9.85. The SMILES string of the molecule is C[C@H](c1ccccc1)N(C)C[C@@H]1CCCN(C)[C@H]1c1cnn(C)c1. The summed E-state index contributed by atoms with van der Waals surface area (Å²) in [5.74, 6) is 0.643. The lowest BCUT2D eigenvalue weighted by molar-refractivity contribution is 0.0839. The maximum atomic E-state index is 4.40. The highest BCUT2D eigenvalue weighted by molar-refractivity contribution is 5.18. The first-order valence-electron chi connectivity index (χ1n) is 9.00. The highest BCUT2D eigenvalue weighted by Gasteiger charge is 2.32. The van der Waals surface area contributed by atoms with Crippen LogP contribution in [0.4, 0.5) is 0 Å². The van der Waals surface area contributed by atoms with E-state index in [2.05, 4.69) is 72.4 Å². The van der Waals surface area contributed by atoms with Gasteiger partial charge in [0.2, 0.25) is 0 Å². The molecule has 0 bridgehead atoms. The van der Waals surface area contributed by atoms with Gasteiger partial charge >= 0.3 is 0 Å². The molecule has 0 saturated carbocycles. The number of aromatic nitrogens is 2. The number of nitrogens with zero attached hydrogens (tertiary/aromatic N) is 4. The third kappa shape index (κ3) is 3.70.